The molecule has 0 spiro atoms. The van der Waals surface area contributed by atoms with Gasteiger partial charge in [-0.25, -0.2) is 0 Å². The first kappa shape index (κ1) is 13.2. The normalized spacial score (nSPS) is 14.9. The average molecular weight is 260 g/mol. The predicted molar refractivity (Wildman–Crippen MR) is 73.5 cm³/mol. The molecule has 0 heterocycles. The van der Waals surface area contributed by atoms with E-state index in [1.54, 1.807) is 11.4 Å². The van der Waals surface area contributed by atoms with Gasteiger partial charge in [0, 0.05) is 17.7 Å². The molecule has 15 heavy (non-hydrogen) atoms. The van der Waals surface area contributed by atoms with E-state index >= 15 is 0 Å². The summed E-state index contributed by atoms with van der Waals surface area (Å²) in [6.07, 6.45) is 0.940. The highest BCUT2D eigenvalue weighted by Gasteiger charge is 2.17. The number of rotatable bonds is 5. The van der Waals surface area contributed by atoms with Crippen molar-refractivity contribution in [3.63, 3.8) is 0 Å². The van der Waals surface area contributed by atoms with Crippen LogP contribution in [0, 0.1) is 6.92 Å². The average Bonchev–Trinajstić information content (AvgIpc) is 2.22. The van der Waals surface area contributed by atoms with E-state index in [9.17, 15) is 0 Å². The molecule has 0 bridgehead atoms. The van der Waals surface area contributed by atoms with Gasteiger partial charge in [-0.3, -0.25) is 0 Å². The SMILES string of the molecule is CCOP(=S)(CC)Sc1ccccc1C. The molecule has 0 aliphatic heterocycles. The zero-order valence-corrected chi connectivity index (χ0v) is 11.9. The van der Waals surface area contributed by atoms with E-state index in [0.717, 1.165) is 6.16 Å². The summed E-state index contributed by atoms with van der Waals surface area (Å²) in [7, 11) is 0. The molecule has 0 saturated carbocycles. The summed E-state index contributed by atoms with van der Waals surface area (Å²) in [5.41, 5.74) is -0.417. The van der Waals surface area contributed by atoms with Crippen molar-refractivity contribution >= 4 is 28.7 Å². The van der Waals surface area contributed by atoms with E-state index in [1.165, 1.54) is 10.5 Å². The van der Waals surface area contributed by atoms with E-state index < -0.39 is 5.47 Å². The second-order valence-corrected chi connectivity index (χ2v) is 10.7. The summed E-state index contributed by atoms with van der Waals surface area (Å²) < 4.78 is 5.73. The Kier molecular flexibility index (Phi) is 5.34. The van der Waals surface area contributed by atoms with Gasteiger partial charge >= 0.3 is 0 Å². The van der Waals surface area contributed by atoms with Crippen LogP contribution in [0.3, 0.4) is 0 Å². The maximum atomic E-state index is 5.73. The third-order valence-electron chi connectivity index (χ3n) is 2.04. The molecule has 0 radical (unpaired) electrons. The molecule has 0 aromatic heterocycles. The third-order valence-corrected chi connectivity index (χ3v) is 8.68. The molecule has 0 N–H and O–H groups in total. The standard InChI is InChI=1S/C11H17OPS2/c1-4-12-13(14,5-2)15-11-9-7-6-8-10(11)3/h6-9H,4-5H2,1-3H3. The number of benzene rings is 1. The Morgan fingerprint density at radius 3 is 2.53 bits per heavy atom. The van der Waals surface area contributed by atoms with Gasteiger partial charge < -0.3 is 4.52 Å². The lowest BCUT2D eigenvalue weighted by Gasteiger charge is -2.19. The second kappa shape index (κ2) is 6.05. The zero-order chi connectivity index (χ0) is 11.3. The largest absolute Gasteiger partial charge is 0.341 e. The minimum Gasteiger partial charge on any atom is -0.341 e. The van der Waals surface area contributed by atoms with Gasteiger partial charge in [0.15, 0.2) is 0 Å². The van der Waals surface area contributed by atoms with Crippen molar-refractivity contribution in [1.29, 1.82) is 0 Å². The topological polar surface area (TPSA) is 9.23 Å². The molecule has 0 aliphatic rings. The maximum Gasteiger partial charge on any atom is 0.123 e. The highest BCUT2D eigenvalue weighted by Crippen LogP contribution is 2.63. The van der Waals surface area contributed by atoms with Crippen molar-refractivity contribution in [1.82, 2.24) is 0 Å². The Morgan fingerprint density at radius 1 is 1.33 bits per heavy atom. The van der Waals surface area contributed by atoms with E-state index in [0.29, 0.717) is 6.61 Å². The Hall–Kier alpha value is 0.180. The van der Waals surface area contributed by atoms with Gasteiger partial charge in [0.25, 0.3) is 0 Å². The van der Waals surface area contributed by atoms with Crippen LogP contribution in [0.25, 0.3) is 0 Å². The van der Waals surface area contributed by atoms with Crippen LogP contribution in [0.4, 0.5) is 0 Å². The van der Waals surface area contributed by atoms with Gasteiger partial charge in [0.05, 0.1) is 0 Å². The summed E-state index contributed by atoms with van der Waals surface area (Å²) in [5.74, 6) is 0. The van der Waals surface area contributed by atoms with E-state index in [2.05, 4.69) is 38.1 Å². The van der Waals surface area contributed by atoms with Crippen LogP contribution in [0.15, 0.2) is 29.2 Å². The van der Waals surface area contributed by atoms with Crippen molar-refractivity contribution < 1.29 is 4.52 Å². The fourth-order valence-electron chi connectivity index (χ4n) is 1.19. The van der Waals surface area contributed by atoms with Crippen LogP contribution in [0.5, 0.6) is 0 Å². The lowest BCUT2D eigenvalue weighted by Crippen LogP contribution is -1.89. The summed E-state index contributed by atoms with van der Waals surface area (Å²) >= 11 is 7.34. The fourth-order valence-corrected chi connectivity index (χ4v) is 6.01. The Balaban J connectivity index is 2.84. The molecule has 4 heteroatoms. The molecule has 0 aliphatic carbocycles. The lowest BCUT2D eigenvalue weighted by atomic mass is 10.2. The first-order valence-corrected chi connectivity index (χ1v) is 9.43. The molecule has 84 valence electrons. The van der Waals surface area contributed by atoms with Gasteiger partial charge in [-0.1, -0.05) is 48.3 Å². The molecule has 1 unspecified atom stereocenters. The minimum atomic E-state index is -1.70. The van der Waals surface area contributed by atoms with Crippen LogP contribution in [0.2, 0.25) is 0 Å². The van der Waals surface area contributed by atoms with Crippen molar-refractivity contribution in [3.8, 4) is 0 Å². The van der Waals surface area contributed by atoms with E-state index in [4.69, 9.17) is 16.3 Å². The summed E-state index contributed by atoms with van der Waals surface area (Å²) in [6, 6.07) is 8.34. The van der Waals surface area contributed by atoms with Gasteiger partial charge in [-0.05, 0) is 25.5 Å². The maximum absolute atomic E-state index is 5.73. The molecule has 0 amide bonds. The fraction of sp³-hybridized carbons (Fsp3) is 0.455. The molecule has 0 saturated heterocycles. The third kappa shape index (κ3) is 3.92. The van der Waals surface area contributed by atoms with Gasteiger partial charge in [0.1, 0.15) is 5.47 Å². The molecule has 1 aromatic carbocycles. The minimum absolute atomic E-state index is 0.712. The molecular formula is C11H17OPS2. The molecule has 1 atom stereocenters. The van der Waals surface area contributed by atoms with Gasteiger partial charge in [0.2, 0.25) is 0 Å². The molecule has 1 aromatic rings. The first-order valence-electron chi connectivity index (χ1n) is 5.10. The van der Waals surface area contributed by atoms with Gasteiger partial charge in [-0.2, -0.15) is 0 Å². The van der Waals surface area contributed by atoms with Crippen LogP contribution in [-0.4, -0.2) is 12.8 Å². The number of aryl methyl sites for hydroxylation is 1. The van der Waals surface area contributed by atoms with Crippen LogP contribution in [0.1, 0.15) is 19.4 Å². The van der Waals surface area contributed by atoms with Crippen molar-refractivity contribution in [2.45, 2.75) is 25.7 Å². The summed E-state index contributed by atoms with van der Waals surface area (Å²) in [6.45, 7) is 6.95. The smallest absolute Gasteiger partial charge is 0.123 e. The van der Waals surface area contributed by atoms with Crippen molar-refractivity contribution in [2.75, 3.05) is 12.8 Å². The van der Waals surface area contributed by atoms with Gasteiger partial charge in [-0.15, -0.1) is 0 Å². The quantitative estimate of drug-likeness (QED) is 0.724. The van der Waals surface area contributed by atoms with Crippen molar-refractivity contribution in [3.05, 3.63) is 29.8 Å². The Morgan fingerprint density at radius 2 is 2.00 bits per heavy atom. The molecular weight excluding hydrogens is 243 g/mol. The Bertz CT molecular complexity index is 365. The lowest BCUT2D eigenvalue weighted by molar-refractivity contribution is 0.385. The zero-order valence-electron chi connectivity index (χ0n) is 9.40. The number of hydrogen-bond donors (Lipinski definition) is 0. The van der Waals surface area contributed by atoms with Crippen molar-refractivity contribution in [2.24, 2.45) is 0 Å². The van der Waals surface area contributed by atoms with Crippen LogP contribution < -0.4 is 0 Å². The van der Waals surface area contributed by atoms with E-state index in [-0.39, 0.29) is 0 Å². The molecule has 0 fully saturated rings. The van der Waals surface area contributed by atoms with E-state index in [1.807, 2.05) is 6.92 Å². The van der Waals surface area contributed by atoms with Crippen LogP contribution in [-0.2, 0) is 16.3 Å². The monoisotopic (exact) mass is 260 g/mol. The highest BCUT2D eigenvalue weighted by molar-refractivity contribution is 8.69. The van der Waals surface area contributed by atoms with Crippen LogP contribution >= 0.6 is 16.8 Å². The molecule has 1 rings (SSSR count). The summed E-state index contributed by atoms with van der Waals surface area (Å²) in [4.78, 5) is 1.26. The number of hydrogen-bond acceptors (Lipinski definition) is 3. The highest BCUT2D eigenvalue weighted by atomic mass is 32.9. The predicted octanol–water partition coefficient (Wildman–Crippen LogP) is 4.45. The summed E-state index contributed by atoms with van der Waals surface area (Å²) in [5, 5.41) is 0. The Labute approximate surface area is 101 Å². The first-order chi connectivity index (χ1) is 7.11. The molecule has 1 nitrogen and oxygen atoms in total. The second-order valence-electron chi connectivity index (χ2n) is 3.20.